The number of hydrogen-bond donors (Lipinski definition) is 2. The van der Waals surface area contributed by atoms with Gasteiger partial charge in [-0.2, -0.15) is 4.57 Å². The van der Waals surface area contributed by atoms with E-state index in [-0.39, 0.29) is 6.17 Å². The minimum atomic E-state index is -0.0959. The molecular weight excluding hydrogens is 262 g/mol. The van der Waals surface area contributed by atoms with Crippen molar-refractivity contribution in [3.8, 4) is 11.4 Å². The maximum atomic E-state index is 6.19. The predicted octanol–water partition coefficient (Wildman–Crippen LogP) is 1.99. The summed E-state index contributed by atoms with van der Waals surface area (Å²) in [5, 5.41) is 3.48. The van der Waals surface area contributed by atoms with Crippen molar-refractivity contribution in [2.24, 2.45) is 0 Å². The molecule has 0 unspecified atom stereocenters. The Labute approximate surface area is 122 Å². The predicted molar refractivity (Wildman–Crippen MR) is 80.3 cm³/mol. The number of nitrogens with one attached hydrogen (secondary N) is 1. The molecule has 0 aromatic carbocycles. The van der Waals surface area contributed by atoms with Crippen LogP contribution in [0.25, 0.3) is 11.4 Å². The largest absolute Gasteiger partial charge is 0.393 e. The summed E-state index contributed by atoms with van der Waals surface area (Å²) in [7, 11) is 0. The van der Waals surface area contributed by atoms with Crippen LogP contribution < -0.4 is 15.6 Å². The van der Waals surface area contributed by atoms with Gasteiger partial charge in [0, 0.05) is 18.5 Å². The SMILES string of the molecule is Nc1ccc[n+]2c1-c1ncccc1N[C@@H]2c1ccccn1. The molecule has 102 valence electrons. The Morgan fingerprint density at radius 3 is 2.76 bits per heavy atom. The van der Waals surface area contributed by atoms with E-state index in [0.717, 1.165) is 22.8 Å². The highest BCUT2D eigenvalue weighted by molar-refractivity contribution is 5.78. The second kappa shape index (κ2) is 4.56. The molecule has 0 radical (unpaired) electrons. The van der Waals surface area contributed by atoms with Crippen LogP contribution in [0.2, 0.25) is 0 Å². The summed E-state index contributed by atoms with van der Waals surface area (Å²) in [4.78, 5) is 8.93. The molecule has 21 heavy (non-hydrogen) atoms. The first-order chi connectivity index (χ1) is 10.3. The molecule has 5 heteroatoms. The van der Waals surface area contributed by atoms with Crippen LogP contribution in [0.5, 0.6) is 0 Å². The van der Waals surface area contributed by atoms with E-state index in [1.165, 1.54) is 0 Å². The van der Waals surface area contributed by atoms with Crippen LogP contribution in [-0.4, -0.2) is 9.97 Å². The van der Waals surface area contributed by atoms with Crippen LogP contribution in [0.4, 0.5) is 11.4 Å². The number of hydrogen-bond acceptors (Lipinski definition) is 4. The van der Waals surface area contributed by atoms with E-state index in [1.54, 1.807) is 12.4 Å². The molecule has 1 aliphatic rings. The molecule has 0 bridgehead atoms. The third kappa shape index (κ3) is 1.82. The monoisotopic (exact) mass is 276 g/mol. The number of pyridine rings is 3. The highest BCUT2D eigenvalue weighted by Gasteiger charge is 2.35. The molecule has 0 saturated heterocycles. The number of fused-ring (bicyclic) bond motifs is 3. The topological polar surface area (TPSA) is 67.7 Å². The number of nitrogen functional groups attached to an aromatic ring is 1. The van der Waals surface area contributed by atoms with E-state index in [9.17, 15) is 0 Å². The summed E-state index contributed by atoms with van der Waals surface area (Å²) in [5.41, 5.74) is 10.6. The summed E-state index contributed by atoms with van der Waals surface area (Å²) in [6.45, 7) is 0. The molecule has 3 aromatic heterocycles. The van der Waals surface area contributed by atoms with Crippen LogP contribution in [0, 0.1) is 0 Å². The maximum Gasteiger partial charge on any atom is 0.275 e. The second-order valence-corrected chi connectivity index (χ2v) is 4.92. The fraction of sp³-hybridized carbons (Fsp3) is 0.0625. The standard InChI is InChI=1S/C16H13N5/c17-11-5-4-10-21-15(11)14-12(7-3-9-19-14)20-16(21)13-6-1-2-8-18-13/h1-10,16H,17H2/p+1/t16-/m0/s1. The third-order valence-electron chi connectivity index (χ3n) is 3.62. The van der Waals surface area contributed by atoms with Gasteiger partial charge in [-0.1, -0.05) is 6.07 Å². The molecule has 4 rings (SSSR count). The Kier molecular flexibility index (Phi) is 2.57. The number of nitrogens with zero attached hydrogens (tertiary/aromatic N) is 3. The Bertz CT molecular complexity index is 801. The lowest BCUT2D eigenvalue weighted by Gasteiger charge is -2.23. The van der Waals surface area contributed by atoms with Crippen molar-refractivity contribution in [3.05, 3.63) is 66.7 Å². The van der Waals surface area contributed by atoms with E-state index >= 15 is 0 Å². The highest BCUT2D eigenvalue weighted by Crippen LogP contribution is 2.33. The molecule has 0 aliphatic carbocycles. The third-order valence-corrected chi connectivity index (χ3v) is 3.62. The van der Waals surface area contributed by atoms with Gasteiger partial charge in [0.05, 0.1) is 5.69 Å². The second-order valence-electron chi connectivity index (χ2n) is 4.92. The van der Waals surface area contributed by atoms with Crippen LogP contribution in [0.3, 0.4) is 0 Å². The summed E-state index contributed by atoms with van der Waals surface area (Å²) >= 11 is 0. The van der Waals surface area contributed by atoms with Gasteiger partial charge < -0.3 is 11.1 Å². The summed E-state index contributed by atoms with van der Waals surface area (Å²) in [6.07, 6.45) is 5.47. The van der Waals surface area contributed by atoms with Crippen molar-refractivity contribution in [1.29, 1.82) is 0 Å². The molecule has 3 aromatic rings. The molecule has 1 aliphatic heterocycles. The van der Waals surface area contributed by atoms with Crippen molar-refractivity contribution in [2.75, 3.05) is 11.1 Å². The Morgan fingerprint density at radius 2 is 1.90 bits per heavy atom. The smallest absolute Gasteiger partial charge is 0.275 e. The first-order valence-corrected chi connectivity index (χ1v) is 6.77. The quantitative estimate of drug-likeness (QED) is 0.667. The molecule has 3 N–H and O–H groups in total. The van der Waals surface area contributed by atoms with Gasteiger partial charge in [-0.05, 0) is 30.3 Å². The Hall–Kier alpha value is -2.95. The first-order valence-electron chi connectivity index (χ1n) is 6.77. The van der Waals surface area contributed by atoms with E-state index < -0.39 is 0 Å². The molecule has 1 atom stereocenters. The van der Waals surface area contributed by atoms with Crippen LogP contribution in [0.1, 0.15) is 11.9 Å². The van der Waals surface area contributed by atoms with Crippen LogP contribution >= 0.6 is 0 Å². The van der Waals surface area contributed by atoms with E-state index in [0.29, 0.717) is 5.69 Å². The van der Waals surface area contributed by atoms with E-state index in [4.69, 9.17) is 5.73 Å². The van der Waals surface area contributed by atoms with Gasteiger partial charge in [0.25, 0.3) is 11.9 Å². The maximum absolute atomic E-state index is 6.19. The normalized spacial score (nSPS) is 15.7. The van der Waals surface area contributed by atoms with Crippen molar-refractivity contribution in [3.63, 3.8) is 0 Å². The summed E-state index contributed by atoms with van der Waals surface area (Å²) in [5.74, 6) is 0. The number of anilines is 2. The molecule has 4 heterocycles. The Morgan fingerprint density at radius 1 is 1.00 bits per heavy atom. The van der Waals surface area contributed by atoms with Crippen molar-refractivity contribution < 1.29 is 4.57 Å². The molecular formula is C16H14N5+. The fourth-order valence-corrected chi connectivity index (χ4v) is 2.70. The van der Waals surface area contributed by atoms with Gasteiger partial charge in [0.2, 0.25) is 0 Å². The lowest BCUT2D eigenvalue weighted by atomic mass is 10.1. The minimum absolute atomic E-state index is 0.0959. The molecule has 0 spiro atoms. The summed E-state index contributed by atoms with van der Waals surface area (Å²) < 4.78 is 2.08. The zero-order valence-electron chi connectivity index (χ0n) is 11.3. The van der Waals surface area contributed by atoms with Gasteiger partial charge in [-0.25, -0.2) is 4.98 Å². The van der Waals surface area contributed by atoms with E-state index in [1.807, 2.05) is 48.7 Å². The van der Waals surface area contributed by atoms with Gasteiger partial charge in [-0.3, -0.25) is 4.98 Å². The van der Waals surface area contributed by atoms with Crippen LogP contribution in [-0.2, 0) is 0 Å². The van der Waals surface area contributed by atoms with Gasteiger partial charge in [0.15, 0.2) is 11.9 Å². The van der Waals surface area contributed by atoms with Crippen molar-refractivity contribution in [2.45, 2.75) is 6.17 Å². The molecule has 0 saturated carbocycles. The lowest BCUT2D eigenvalue weighted by Crippen LogP contribution is -2.49. The average molecular weight is 276 g/mol. The fourth-order valence-electron chi connectivity index (χ4n) is 2.70. The first kappa shape index (κ1) is 11.8. The number of aromatic nitrogens is 3. The molecule has 5 nitrogen and oxygen atoms in total. The molecule has 0 fully saturated rings. The van der Waals surface area contributed by atoms with Gasteiger partial charge in [-0.15, -0.1) is 0 Å². The minimum Gasteiger partial charge on any atom is -0.393 e. The number of rotatable bonds is 1. The zero-order chi connectivity index (χ0) is 14.2. The van der Waals surface area contributed by atoms with Crippen molar-refractivity contribution in [1.82, 2.24) is 9.97 Å². The van der Waals surface area contributed by atoms with Gasteiger partial charge >= 0.3 is 0 Å². The van der Waals surface area contributed by atoms with Gasteiger partial charge in [0.1, 0.15) is 11.4 Å². The number of nitrogens with two attached hydrogens (primary N) is 1. The van der Waals surface area contributed by atoms with Crippen molar-refractivity contribution >= 4 is 11.4 Å². The van der Waals surface area contributed by atoms with E-state index in [2.05, 4.69) is 19.9 Å². The highest BCUT2D eigenvalue weighted by atomic mass is 15.2. The molecule has 0 amide bonds. The average Bonchev–Trinajstić information content (AvgIpc) is 2.55. The zero-order valence-corrected chi connectivity index (χ0v) is 11.3. The van der Waals surface area contributed by atoms with Crippen LogP contribution in [0.15, 0.2) is 61.1 Å². The lowest BCUT2D eigenvalue weighted by molar-refractivity contribution is -0.698. The Balaban J connectivity index is 1.98. The summed E-state index contributed by atoms with van der Waals surface area (Å²) in [6, 6.07) is 13.6.